The minimum Gasteiger partial charge on any atom is -0.486 e. The Hall–Kier alpha value is -2.98. The summed E-state index contributed by atoms with van der Waals surface area (Å²) in [6.45, 7) is 1.20. The van der Waals surface area contributed by atoms with Gasteiger partial charge in [0.25, 0.3) is 0 Å². The number of rotatable bonds is 4. The molecule has 2 aromatic carbocycles. The summed E-state index contributed by atoms with van der Waals surface area (Å²) < 4.78 is 52.3. The van der Waals surface area contributed by atoms with Gasteiger partial charge < -0.3 is 9.47 Å². The summed E-state index contributed by atoms with van der Waals surface area (Å²) in [5.41, 5.74) is 0.651. The predicted molar refractivity (Wildman–Crippen MR) is 105 cm³/mol. The number of H-pyrrole nitrogens is 1. The van der Waals surface area contributed by atoms with E-state index in [0.29, 0.717) is 61.3 Å². The largest absolute Gasteiger partial charge is 0.486 e. The Balaban J connectivity index is 1.44. The van der Waals surface area contributed by atoms with Gasteiger partial charge in [-0.15, -0.1) is 0 Å². The lowest BCUT2D eigenvalue weighted by atomic mass is 10.2. The first-order valence-corrected chi connectivity index (χ1v) is 11.1. The molecule has 3 aromatic rings. The maximum absolute atomic E-state index is 13.3. The van der Waals surface area contributed by atoms with Crippen LogP contribution in [0.15, 0.2) is 47.4 Å². The summed E-state index contributed by atoms with van der Waals surface area (Å²) >= 11 is 0. The van der Waals surface area contributed by atoms with Crippen molar-refractivity contribution in [1.29, 1.82) is 0 Å². The molecule has 0 bridgehead atoms. The number of hydrogen-bond acceptors (Lipinski definition) is 6. The summed E-state index contributed by atoms with van der Waals surface area (Å²) in [5.74, 6) is 1.48. The molecular formula is C20H19FN4O4S. The van der Waals surface area contributed by atoms with E-state index in [2.05, 4.69) is 15.2 Å². The van der Waals surface area contributed by atoms with E-state index in [9.17, 15) is 12.8 Å². The molecule has 0 radical (unpaired) electrons. The third-order valence-electron chi connectivity index (χ3n) is 5.24. The van der Waals surface area contributed by atoms with Crippen LogP contribution < -0.4 is 9.47 Å². The van der Waals surface area contributed by atoms with Gasteiger partial charge in [-0.1, -0.05) is 0 Å². The minimum atomic E-state index is -3.77. The van der Waals surface area contributed by atoms with E-state index < -0.39 is 16.1 Å². The molecule has 1 atom stereocenters. The normalized spacial score (nSPS) is 19.2. The van der Waals surface area contributed by atoms with Gasteiger partial charge in [0, 0.05) is 18.2 Å². The molecule has 1 aromatic heterocycles. The number of nitrogens with zero attached hydrogens (tertiary/aromatic N) is 3. The van der Waals surface area contributed by atoms with Crippen molar-refractivity contribution in [2.45, 2.75) is 23.8 Å². The molecule has 2 aliphatic rings. The number of aromatic amines is 1. The second-order valence-corrected chi connectivity index (χ2v) is 9.02. The number of fused-ring (bicyclic) bond motifs is 1. The molecule has 0 saturated carbocycles. The third-order valence-corrected chi connectivity index (χ3v) is 7.15. The zero-order valence-electron chi connectivity index (χ0n) is 15.9. The summed E-state index contributed by atoms with van der Waals surface area (Å²) in [4.78, 5) is 4.63. The number of aromatic nitrogens is 3. The van der Waals surface area contributed by atoms with Gasteiger partial charge in [-0.25, -0.2) is 17.8 Å². The average molecular weight is 430 g/mol. The van der Waals surface area contributed by atoms with Gasteiger partial charge in [-0.3, -0.25) is 5.10 Å². The van der Waals surface area contributed by atoms with Crippen LogP contribution >= 0.6 is 0 Å². The Kier molecular flexibility index (Phi) is 4.67. The summed E-state index contributed by atoms with van der Waals surface area (Å²) in [7, 11) is -3.77. The van der Waals surface area contributed by atoms with Crippen LogP contribution in [0.5, 0.6) is 11.5 Å². The fraction of sp³-hybridized carbons (Fsp3) is 0.300. The molecule has 156 valence electrons. The highest BCUT2D eigenvalue weighted by molar-refractivity contribution is 7.89. The molecule has 1 saturated heterocycles. The van der Waals surface area contributed by atoms with Crippen LogP contribution in [-0.4, -0.2) is 47.7 Å². The van der Waals surface area contributed by atoms with Crippen molar-refractivity contribution in [2.75, 3.05) is 19.8 Å². The molecule has 2 aliphatic heterocycles. The molecule has 0 unspecified atom stereocenters. The van der Waals surface area contributed by atoms with Crippen LogP contribution in [0.1, 0.15) is 24.7 Å². The smallest absolute Gasteiger partial charge is 0.243 e. The third kappa shape index (κ3) is 3.31. The minimum absolute atomic E-state index is 0.150. The average Bonchev–Trinajstić information content (AvgIpc) is 3.44. The number of benzene rings is 2. The van der Waals surface area contributed by atoms with E-state index in [4.69, 9.17) is 9.47 Å². The van der Waals surface area contributed by atoms with Gasteiger partial charge >= 0.3 is 0 Å². The zero-order chi connectivity index (χ0) is 20.7. The maximum Gasteiger partial charge on any atom is 0.243 e. The van der Waals surface area contributed by atoms with Crippen molar-refractivity contribution in [3.8, 4) is 22.9 Å². The Morgan fingerprint density at radius 3 is 2.63 bits per heavy atom. The van der Waals surface area contributed by atoms with Crippen molar-refractivity contribution in [2.24, 2.45) is 0 Å². The number of sulfonamides is 1. The van der Waals surface area contributed by atoms with Crippen LogP contribution in [0.3, 0.4) is 0 Å². The molecule has 3 heterocycles. The first-order valence-electron chi connectivity index (χ1n) is 9.62. The van der Waals surface area contributed by atoms with Crippen LogP contribution in [0.4, 0.5) is 4.39 Å². The topological polar surface area (TPSA) is 97.4 Å². The molecule has 0 amide bonds. The van der Waals surface area contributed by atoms with Crippen molar-refractivity contribution in [1.82, 2.24) is 19.5 Å². The van der Waals surface area contributed by atoms with E-state index in [1.807, 2.05) is 0 Å². The highest BCUT2D eigenvalue weighted by Crippen LogP contribution is 2.38. The lowest BCUT2D eigenvalue weighted by Gasteiger charge is -2.24. The lowest BCUT2D eigenvalue weighted by Crippen LogP contribution is -2.31. The van der Waals surface area contributed by atoms with Crippen molar-refractivity contribution in [3.05, 3.63) is 54.1 Å². The van der Waals surface area contributed by atoms with Gasteiger partial charge in [0.15, 0.2) is 17.3 Å². The Morgan fingerprint density at radius 1 is 1.07 bits per heavy atom. The maximum atomic E-state index is 13.3. The predicted octanol–water partition coefficient (Wildman–Crippen LogP) is 2.91. The zero-order valence-corrected chi connectivity index (χ0v) is 16.7. The van der Waals surface area contributed by atoms with Gasteiger partial charge in [0.05, 0.1) is 10.9 Å². The van der Waals surface area contributed by atoms with Crippen molar-refractivity contribution >= 4 is 10.0 Å². The summed E-state index contributed by atoms with van der Waals surface area (Å²) in [5, 5.41) is 7.05. The fourth-order valence-electron chi connectivity index (χ4n) is 3.77. The monoisotopic (exact) mass is 430 g/mol. The molecule has 5 rings (SSSR count). The van der Waals surface area contributed by atoms with E-state index in [1.54, 1.807) is 18.2 Å². The van der Waals surface area contributed by atoms with E-state index in [0.717, 1.165) is 0 Å². The number of hydrogen-bond donors (Lipinski definition) is 1. The van der Waals surface area contributed by atoms with E-state index in [-0.39, 0.29) is 10.7 Å². The van der Waals surface area contributed by atoms with Crippen molar-refractivity contribution in [3.63, 3.8) is 0 Å². The molecule has 1 fully saturated rings. The van der Waals surface area contributed by atoms with E-state index in [1.165, 1.54) is 28.6 Å². The molecule has 0 aliphatic carbocycles. The second-order valence-electron chi connectivity index (χ2n) is 7.13. The lowest BCUT2D eigenvalue weighted by molar-refractivity contribution is 0.171. The van der Waals surface area contributed by atoms with Gasteiger partial charge in [-0.2, -0.15) is 9.40 Å². The molecule has 8 nitrogen and oxygen atoms in total. The highest BCUT2D eigenvalue weighted by atomic mass is 32.2. The van der Waals surface area contributed by atoms with E-state index >= 15 is 0 Å². The first-order chi connectivity index (χ1) is 14.5. The fourth-order valence-corrected chi connectivity index (χ4v) is 5.45. The van der Waals surface area contributed by atoms with Crippen LogP contribution in [0.25, 0.3) is 11.4 Å². The van der Waals surface area contributed by atoms with Crippen LogP contribution in [0, 0.1) is 5.82 Å². The Morgan fingerprint density at radius 2 is 1.83 bits per heavy atom. The number of nitrogens with one attached hydrogen (secondary N) is 1. The molecule has 0 spiro atoms. The summed E-state index contributed by atoms with van der Waals surface area (Å²) in [6, 6.07) is 10.0. The summed E-state index contributed by atoms with van der Waals surface area (Å²) in [6.07, 6.45) is 1.34. The van der Waals surface area contributed by atoms with Crippen molar-refractivity contribution < 1.29 is 22.3 Å². The van der Waals surface area contributed by atoms with Gasteiger partial charge in [0.2, 0.25) is 10.0 Å². The van der Waals surface area contributed by atoms with Crippen LogP contribution in [0.2, 0.25) is 0 Å². The molecule has 10 heteroatoms. The standard InChI is InChI=1S/C20H19FN4O4S/c21-14-5-3-13(4-6-14)19-22-20(24-23-19)16-2-1-9-25(16)30(26,27)15-7-8-17-18(12-15)29-11-10-28-17/h3-8,12,16H,1-2,9-11H2,(H,22,23,24)/t16-/m0/s1. The molecule has 1 N–H and O–H groups in total. The van der Waals surface area contributed by atoms with Crippen LogP contribution in [-0.2, 0) is 10.0 Å². The quantitative estimate of drug-likeness (QED) is 0.684. The second kappa shape index (κ2) is 7.37. The van der Waals surface area contributed by atoms with Gasteiger partial charge in [0.1, 0.15) is 24.9 Å². The molecule has 30 heavy (non-hydrogen) atoms. The number of ether oxygens (including phenoxy) is 2. The Labute approximate surface area is 172 Å². The van der Waals surface area contributed by atoms with Gasteiger partial charge in [-0.05, 0) is 49.2 Å². The number of halogens is 1. The Bertz CT molecular complexity index is 1180. The highest BCUT2D eigenvalue weighted by Gasteiger charge is 2.38. The first kappa shape index (κ1) is 19.0. The molecular weight excluding hydrogens is 411 g/mol. The SMILES string of the molecule is O=S(=O)(c1ccc2c(c1)OCCO2)N1CCC[C@H]1c1nc(-c2ccc(F)cc2)n[nH]1.